The molecule has 11 nitrogen and oxygen atoms in total. The predicted octanol–water partition coefficient (Wildman–Crippen LogP) is -1.14. The quantitative estimate of drug-likeness (QED) is 0.646. The van der Waals surface area contributed by atoms with Crippen LogP contribution in [0, 0.1) is 0 Å². The SMILES string of the molecule is O=C(O)c1cn(C2CN(C(=O)NCc3ncn[nH]3)C2)nn1. The molecule has 3 heterocycles. The Morgan fingerprint density at radius 1 is 1.48 bits per heavy atom. The van der Waals surface area contributed by atoms with E-state index >= 15 is 0 Å². The molecule has 1 aliphatic heterocycles. The molecular formula is C10H12N8O3. The molecule has 1 fully saturated rings. The largest absolute Gasteiger partial charge is 0.476 e. The summed E-state index contributed by atoms with van der Waals surface area (Å²) in [6.45, 7) is 1.17. The number of carbonyl (C=O) groups is 2. The van der Waals surface area contributed by atoms with Gasteiger partial charge >= 0.3 is 12.0 Å². The van der Waals surface area contributed by atoms with E-state index in [0.717, 1.165) is 0 Å². The van der Waals surface area contributed by atoms with Gasteiger partial charge in [0.1, 0.15) is 12.2 Å². The number of amides is 2. The van der Waals surface area contributed by atoms with Gasteiger partial charge < -0.3 is 15.3 Å². The molecule has 3 rings (SSSR count). The zero-order valence-electron chi connectivity index (χ0n) is 10.8. The molecule has 1 aliphatic rings. The Kier molecular flexibility index (Phi) is 3.22. The summed E-state index contributed by atoms with van der Waals surface area (Å²) in [5, 5.41) is 25.1. The second-order valence-corrected chi connectivity index (χ2v) is 4.54. The number of nitrogens with one attached hydrogen (secondary N) is 2. The summed E-state index contributed by atoms with van der Waals surface area (Å²) in [4.78, 5) is 28.0. The lowest BCUT2D eigenvalue weighted by molar-refractivity contribution is 0.0690. The number of hydrogen-bond donors (Lipinski definition) is 3. The van der Waals surface area contributed by atoms with E-state index in [1.165, 1.54) is 17.2 Å². The topological polar surface area (TPSA) is 142 Å². The van der Waals surface area contributed by atoms with Crippen LogP contribution in [0.5, 0.6) is 0 Å². The van der Waals surface area contributed by atoms with Gasteiger partial charge in [0.25, 0.3) is 0 Å². The molecule has 0 unspecified atom stereocenters. The van der Waals surface area contributed by atoms with E-state index < -0.39 is 5.97 Å². The number of aromatic amines is 1. The van der Waals surface area contributed by atoms with Crippen LogP contribution in [0.15, 0.2) is 12.5 Å². The van der Waals surface area contributed by atoms with E-state index in [2.05, 4.69) is 30.8 Å². The van der Waals surface area contributed by atoms with Gasteiger partial charge in [-0.1, -0.05) is 5.21 Å². The zero-order chi connectivity index (χ0) is 14.8. The number of urea groups is 1. The number of likely N-dealkylation sites (tertiary alicyclic amines) is 1. The van der Waals surface area contributed by atoms with Crippen molar-refractivity contribution in [3.05, 3.63) is 24.0 Å². The summed E-state index contributed by atoms with van der Waals surface area (Å²) in [6, 6.07) is -0.275. The monoisotopic (exact) mass is 292 g/mol. The van der Waals surface area contributed by atoms with Crippen molar-refractivity contribution >= 4 is 12.0 Å². The molecule has 0 atom stereocenters. The van der Waals surface area contributed by atoms with Crippen LogP contribution in [-0.2, 0) is 6.54 Å². The molecule has 1 saturated heterocycles. The fourth-order valence-electron chi connectivity index (χ4n) is 1.93. The van der Waals surface area contributed by atoms with Gasteiger partial charge in [-0.3, -0.25) is 5.10 Å². The average molecular weight is 292 g/mol. The Morgan fingerprint density at radius 3 is 2.90 bits per heavy atom. The number of aromatic carboxylic acids is 1. The molecule has 110 valence electrons. The number of H-pyrrole nitrogens is 1. The smallest absolute Gasteiger partial charge is 0.358 e. The van der Waals surface area contributed by atoms with Crippen LogP contribution in [0.2, 0.25) is 0 Å². The molecule has 0 spiro atoms. The summed E-state index contributed by atoms with van der Waals surface area (Å²) >= 11 is 0. The van der Waals surface area contributed by atoms with E-state index in [1.54, 1.807) is 4.90 Å². The van der Waals surface area contributed by atoms with Crippen molar-refractivity contribution in [2.45, 2.75) is 12.6 Å². The van der Waals surface area contributed by atoms with Gasteiger partial charge in [0.15, 0.2) is 5.69 Å². The second kappa shape index (κ2) is 5.19. The van der Waals surface area contributed by atoms with E-state index in [9.17, 15) is 9.59 Å². The highest BCUT2D eigenvalue weighted by atomic mass is 16.4. The first kappa shape index (κ1) is 13.0. The number of hydrogen-bond acceptors (Lipinski definition) is 6. The highest BCUT2D eigenvalue weighted by Crippen LogP contribution is 2.20. The molecule has 2 amide bonds. The minimum Gasteiger partial charge on any atom is -0.476 e. The number of carboxylic acids is 1. The van der Waals surface area contributed by atoms with Crippen LogP contribution in [0.25, 0.3) is 0 Å². The van der Waals surface area contributed by atoms with Gasteiger partial charge in [-0.25, -0.2) is 19.3 Å². The normalized spacial score (nSPS) is 14.8. The van der Waals surface area contributed by atoms with E-state index in [0.29, 0.717) is 18.9 Å². The lowest BCUT2D eigenvalue weighted by Gasteiger charge is -2.38. The predicted molar refractivity (Wildman–Crippen MR) is 66.2 cm³/mol. The van der Waals surface area contributed by atoms with Crippen LogP contribution >= 0.6 is 0 Å². The zero-order valence-corrected chi connectivity index (χ0v) is 10.8. The molecule has 21 heavy (non-hydrogen) atoms. The summed E-state index contributed by atoms with van der Waals surface area (Å²) in [5.41, 5.74) is -0.108. The van der Waals surface area contributed by atoms with Crippen molar-refractivity contribution < 1.29 is 14.7 Å². The molecule has 11 heteroatoms. The number of nitrogens with zero attached hydrogens (tertiary/aromatic N) is 6. The molecular weight excluding hydrogens is 280 g/mol. The highest BCUT2D eigenvalue weighted by Gasteiger charge is 2.33. The minimum atomic E-state index is -1.12. The molecule has 2 aromatic heterocycles. The maximum Gasteiger partial charge on any atom is 0.358 e. The minimum absolute atomic E-state index is 0.0540. The Balaban J connectivity index is 1.48. The van der Waals surface area contributed by atoms with Gasteiger partial charge in [-0.2, -0.15) is 5.10 Å². The fraction of sp³-hybridized carbons (Fsp3) is 0.400. The Morgan fingerprint density at radius 2 is 2.29 bits per heavy atom. The highest BCUT2D eigenvalue weighted by molar-refractivity contribution is 5.84. The van der Waals surface area contributed by atoms with Crippen molar-refractivity contribution in [3.8, 4) is 0 Å². The molecule has 0 aromatic carbocycles. The molecule has 0 aliphatic carbocycles. The van der Waals surface area contributed by atoms with Crippen LogP contribution in [0.1, 0.15) is 22.4 Å². The molecule has 3 N–H and O–H groups in total. The average Bonchev–Trinajstić information content (AvgIpc) is 3.06. The maximum atomic E-state index is 11.8. The Labute approximate surface area is 118 Å². The molecule has 2 aromatic rings. The van der Waals surface area contributed by atoms with Crippen molar-refractivity contribution in [1.29, 1.82) is 0 Å². The van der Waals surface area contributed by atoms with Gasteiger partial charge in [0, 0.05) is 13.1 Å². The Bertz CT molecular complexity index is 645. The number of aromatic nitrogens is 6. The Hall–Kier alpha value is -2.98. The lowest BCUT2D eigenvalue weighted by atomic mass is 10.1. The van der Waals surface area contributed by atoms with Gasteiger partial charge in [-0.05, 0) is 0 Å². The number of rotatable bonds is 4. The number of carboxylic acid groups (broad SMARTS) is 1. The van der Waals surface area contributed by atoms with Crippen molar-refractivity contribution in [2.24, 2.45) is 0 Å². The van der Waals surface area contributed by atoms with E-state index in [1.807, 2.05) is 0 Å². The second-order valence-electron chi connectivity index (χ2n) is 4.54. The third-order valence-corrected chi connectivity index (χ3v) is 3.12. The summed E-state index contributed by atoms with van der Waals surface area (Å²) in [5.74, 6) is -0.551. The van der Waals surface area contributed by atoms with Crippen molar-refractivity contribution in [2.75, 3.05) is 13.1 Å². The maximum absolute atomic E-state index is 11.8. The van der Waals surface area contributed by atoms with E-state index in [-0.39, 0.29) is 24.3 Å². The third-order valence-electron chi connectivity index (χ3n) is 3.12. The van der Waals surface area contributed by atoms with Gasteiger partial charge in [0.05, 0.1) is 18.8 Å². The molecule has 0 bridgehead atoms. The lowest BCUT2D eigenvalue weighted by Crippen LogP contribution is -2.54. The van der Waals surface area contributed by atoms with Crippen LogP contribution in [-0.4, -0.2) is 65.3 Å². The first-order chi connectivity index (χ1) is 10.1. The van der Waals surface area contributed by atoms with Gasteiger partial charge in [0.2, 0.25) is 0 Å². The standard InChI is InChI=1S/C10H12N8O3/c19-9(20)7-4-18(16-14-7)6-2-17(3-6)10(21)11-1-8-12-5-13-15-8/h4-6H,1-3H2,(H,11,21)(H,19,20)(H,12,13,15). The van der Waals surface area contributed by atoms with Gasteiger partial charge in [-0.15, -0.1) is 5.10 Å². The first-order valence-electron chi connectivity index (χ1n) is 6.15. The summed E-state index contributed by atoms with van der Waals surface area (Å²) < 4.78 is 1.46. The summed E-state index contributed by atoms with van der Waals surface area (Å²) in [7, 11) is 0. The van der Waals surface area contributed by atoms with Crippen molar-refractivity contribution in [1.82, 2.24) is 40.4 Å². The summed E-state index contributed by atoms with van der Waals surface area (Å²) in [6.07, 6.45) is 2.72. The third kappa shape index (κ3) is 2.66. The molecule has 0 radical (unpaired) electrons. The van der Waals surface area contributed by atoms with Crippen LogP contribution in [0.4, 0.5) is 4.79 Å². The molecule has 0 saturated carbocycles. The number of carbonyl (C=O) groups excluding carboxylic acids is 1. The van der Waals surface area contributed by atoms with Crippen LogP contribution in [0.3, 0.4) is 0 Å². The van der Waals surface area contributed by atoms with E-state index in [4.69, 9.17) is 5.11 Å². The van der Waals surface area contributed by atoms with Crippen LogP contribution < -0.4 is 5.32 Å². The van der Waals surface area contributed by atoms with Crippen molar-refractivity contribution in [3.63, 3.8) is 0 Å². The fourth-order valence-corrected chi connectivity index (χ4v) is 1.93. The first-order valence-corrected chi connectivity index (χ1v) is 6.15.